The Bertz CT molecular complexity index is 578. The standard InChI is InChI=1S/C15H16BrF2NS/c1-3-6-19-15(14-8-12(16)9(2)20-14)11-5-4-10(17)7-13(11)18/h4-5,7-8,15,19H,3,6H2,1-2H3. The summed E-state index contributed by atoms with van der Waals surface area (Å²) in [5.74, 6) is -1.06. The second-order valence-corrected chi connectivity index (χ2v) is 6.75. The van der Waals surface area contributed by atoms with Crippen molar-refractivity contribution in [1.82, 2.24) is 5.32 Å². The third-order valence-corrected chi connectivity index (χ3v) is 5.23. The smallest absolute Gasteiger partial charge is 0.131 e. The highest BCUT2D eigenvalue weighted by Crippen LogP contribution is 2.34. The van der Waals surface area contributed by atoms with E-state index in [2.05, 4.69) is 28.2 Å². The van der Waals surface area contributed by atoms with Gasteiger partial charge in [-0.2, -0.15) is 0 Å². The third kappa shape index (κ3) is 3.45. The van der Waals surface area contributed by atoms with E-state index in [4.69, 9.17) is 0 Å². The summed E-state index contributed by atoms with van der Waals surface area (Å²) in [5, 5.41) is 3.33. The van der Waals surface area contributed by atoms with Crippen LogP contribution >= 0.6 is 27.3 Å². The van der Waals surface area contributed by atoms with Gasteiger partial charge in [-0.25, -0.2) is 8.78 Å². The van der Waals surface area contributed by atoms with Gasteiger partial charge in [0.1, 0.15) is 11.6 Å². The van der Waals surface area contributed by atoms with Crippen molar-refractivity contribution < 1.29 is 8.78 Å². The van der Waals surface area contributed by atoms with Crippen LogP contribution in [0.25, 0.3) is 0 Å². The minimum Gasteiger partial charge on any atom is -0.306 e. The molecule has 1 N–H and O–H groups in total. The van der Waals surface area contributed by atoms with Crippen molar-refractivity contribution in [3.8, 4) is 0 Å². The summed E-state index contributed by atoms with van der Waals surface area (Å²) in [4.78, 5) is 2.17. The number of aryl methyl sites for hydroxylation is 1. The Morgan fingerprint density at radius 3 is 2.60 bits per heavy atom. The molecule has 108 valence electrons. The normalized spacial score (nSPS) is 12.7. The van der Waals surface area contributed by atoms with Crippen LogP contribution in [0, 0.1) is 18.6 Å². The van der Waals surface area contributed by atoms with Crippen LogP contribution in [0.2, 0.25) is 0 Å². The van der Waals surface area contributed by atoms with Crippen molar-refractivity contribution >= 4 is 27.3 Å². The zero-order valence-electron chi connectivity index (χ0n) is 11.3. The van der Waals surface area contributed by atoms with Crippen LogP contribution in [0.5, 0.6) is 0 Å². The molecular formula is C15H16BrF2NS. The van der Waals surface area contributed by atoms with Gasteiger partial charge in [0, 0.05) is 25.9 Å². The molecule has 0 radical (unpaired) electrons. The van der Waals surface area contributed by atoms with Gasteiger partial charge in [-0.1, -0.05) is 13.0 Å². The first-order valence-electron chi connectivity index (χ1n) is 6.47. The topological polar surface area (TPSA) is 12.0 Å². The number of benzene rings is 1. The van der Waals surface area contributed by atoms with Gasteiger partial charge in [-0.05, 0) is 48.0 Å². The quantitative estimate of drug-likeness (QED) is 0.774. The predicted octanol–water partition coefficient (Wildman–Crippen LogP) is 5.19. The number of hydrogen-bond donors (Lipinski definition) is 1. The molecule has 0 saturated carbocycles. The minimum atomic E-state index is -0.552. The predicted molar refractivity (Wildman–Crippen MR) is 83.3 cm³/mol. The van der Waals surface area contributed by atoms with Crippen molar-refractivity contribution in [2.24, 2.45) is 0 Å². The molecular weight excluding hydrogens is 344 g/mol. The molecule has 2 aromatic rings. The first-order valence-corrected chi connectivity index (χ1v) is 8.08. The van der Waals surface area contributed by atoms with Crippen molar-refractivity contribution in [3.05, 3.63) is 55.7 Å². The zero-order valence-corrected chi connectivity index (χ0v) is 13.7. The molecule has 5 heteroatoms. The van der Waals surface area contributed by atoms with E-state index in [0.717, 1.165) is 33.3 Å². The third-order valence-electron chi connectivity index (χ3n) is 3.03. The van der Waals surface area contributed by atoms with E-state index in [1.54, 1.807) is 11.3 Å². The van der Waals surface area contributed by atoms with E-state index >= 15 is 0 Å². The number of rotatable bonds is 5. The second kappa shape index (κ2) is 6.78. The summed E-state index contributed by atoms with van der Waals surface area (Å²) >= 11 is 5.09. The Labute approximate surface area is 130 Å². The largest absolute Gasteiger partial charge is 0.306 e. The lowest BCUT2D eigenvalue weighted by Gasteiger charge is -2.18. The molecule has 0 fully saturated rings. The highest BCUT2D eigenvalue weighted by molar-refractivity contribution is 9.10. The van der Waals surface area contributed by atoms with Crippen LogP contribution in [-0.2, 0) is 0 Å². The number of nitrogens with one attached hydrogen (secondary N) is 1. The van der Waals surface area contributed by atoms with Crippen LogP contribution in [0.1, 0.15) is 34.7 Å². The maximum Gasteiger partial charge on any atom is 0.131 e. The number of thiophene rings is 1. The van der Waals surface area contributed by atoms with Crippen LogP contribution in [0.15, 0.2) is 28.7 Å². The maximum atomic E-state index is 14.0. The van der Waals surface area contributed by atoms with E-state index in [0.29, 0.717) is 5.56 Å². The lowest BCUT2D eigenvalue weighted by Crippen LogP contribution is -2.23. The molecule has 0 bridgehead atoms. The molecule has 0 saturated heterocycles. The van der Waals surface area contributed by atoms with Crippen LogP contribution < -0.4 is 5.32 Å². The molecule has 1 aromatic carbocycles. The summed E-state index contributed by atoms with van der Waals surface area (Å²) in [5.41, 5.74) is 0.480. The molecule has 1 nitrogen and oxygen atoms in total. The summed E-state index contributed by atoms with van der Waals surface area (Å²) in [7, 11) is 0. The molecule has 0 aliphatic rings. The fourth-order valence-corrected chi connectivity index (χ4v) is 3.67. The monoisotopic (exact) mass is 359 g/mol. The molecule has 2 rings (SSSR count). The van der Waals surface area contributed by atoms with Gasteiger partial charge >= 0.3 is 0 Å². The van der Waals surface area contributed by atoms with Gasteiger partial charge in [0.25, 0.3) is 0 Å². The fourth-order valence-electron chi connectivity index (χ4n) is 2.01. The van der Waals surface area contributed by atoms with Crippen molar-refractivity contribution in [1.29, 1.82) is 0 Å². The van der Waals surface area contributed by atoms with Gasteiger partial charge in [0.15, 0.2) is 0 Å². The van der Waals surface area contributed by atoms with E-state index in [1.807, 2.05) is 13.0 Å². The lowest BCUT2D eigenvalue weighted by molar-refractivity contribution is 0.536. The fraction of sp³-hybridized carbons (Fsp3) is 0.333. The van der Waals surface area contributed by atoms with Crippen molar-refractivity contribution in [2.45, 2.75) is 26.3 Å². The average Bonchev–Trinajstić information content (AvgIpc) is 2.72. The second-order valence-electron chi connectivity index (χ2n) is 4.61. The van der Waals surface area contributed by atoms with E-state index < -0.39 is 11.6 Å². The SMILES string of the molecule is CCCNC(c1cc(Br)c(C)s1)c1ccc(F)cc1F. The number of halogens is 3. The highest BCUT2D eigenvalue weighted by Gasteiger charge is 2.20. The van der Waals surface area contributed by atoms with E-state index in [1.165, 1.54) is 12.1 Å². The van der Waals surface area contributed by atoms with Gasteiger partial charge in [-0.3, -0.25) is 0 Å². The Hall–Kier alpha value is -0.780. The summed E-state index contributed by atoms with van der Waals surface area (Å²) in [6, 6.07) is 5.50. The molecule has 1 heterocycles. The first kappa shape index (κ1) is 15.6. The lowest BCUT2D eigenvalue weighted by atomic mass is 10.0. The van der Waals surface area contributed by atoms with Gasteiger partial charge in [-0.15, -0.1) is 11.3 Å². The summed E-state index contributed by atoms with van der Waals surface area (Å²) < 4.78 is 28.1. The number of hydrogen-bond acceptors (Lipinski definition) is 2. The average molecular weight is 360 g/mol. The van der Waals surface area contributed by atoms with E-state index in [9.17, 15) is 8.78 Å². The zero-order chi connectivity index (χ0) is 14.7. The van der Waals surface area contributed by atoms with Gasteiger partial charge in [0.2, 0.25) is 0 Å². The molecule has 1 atom stereocenters. The Morgan fingerprint density at radius 2 is 2.05 bits per heavy atom. The molecule has 20 heavy (non-hydrogen) atoms. The Kier molecular flexibility index (Phi) is 5.29. The molecule has 0 amide bonds. The first-order chi connectivity index (χ1) is 9.52. The van der Waals surface area contributed by atoms with Crippen LogP contribution in [0.4, 0.5) is 8.78 Å². The summed E-state index contributed by atoms with van der Waals surface area (Å²) in [6.45, 7) is 4.84. The van der Waals surface area contributed by atoms with Gasteiger partial charge < -0.3 is 5.32 Å². The Balaban J connectivity index is 2.41. The van der Waals surface area contributed by atoms with E-state index in [-0.39, 0.29) is 6.04 Å². The van der Waals surface area contributed by atoms with Crippen LogP contribution in [0.3, 0.4) is 0 Å². The van der Waals surface area contributed by atoms with Crippen LogP contribution in [-0.4, -0.2) is 6.54 Å². The minimum absolute atomic E-state index is 0.245. The molecule has 1 aromatic heterocycles. The molecule has 0 aliphatic heterocycles. The molecule has 0 aliphatic carbocycles. The summed E-state index contributed by atoms with van der Waals surface area (Å²) in [6.07, 6.45) is 0.949. The maximum absolute atomic E-state index is 14.0. The van der Waals surface area contributed by atoms with Crippen molar-refractivity contribution in [2.75, 3.05) is 6.54 Å². The molecule has 1 unspecified atom stereocenters. The highest BCUT2D eigenvalue weighted by atomic mass is 79.9. The van der Waals surface area contributed by atoms with Crippen molar-refractivity contribution in [3.63, 3.8) is 0 Å². The molecule has 0 spiro atoms. The van der Waals surface area contributed by atoms with Gasteiger partial charge in [0.05, 0.1) is 6.04 Å². The Morgan fingerprint density at radius 1 is 1.30 bits per heavy atom.